The number of carbonyl (C=O) groups is 2. The molecule has 0 aromatic rings. The van der Waals surface area contributed by atoms with E-state index in [0.29, 0.717) is 0 Å². The van der Waals surface area contributed by atoms with Crippen LogP contribution in [0, 0.1) is 0 Å². The first kappa shape index (κ1) is 14.5. The molecule has 0 bridgehead atoms. The minimum atomic E-state index is -1.74. The second-order valence-electron chi connectivity index (χ2n) is 2.82. The molecule has 0 amide bonds. The van der Waals surface area contributed by atoms with E-state index in [9.17, 15) is 9.59 Å². The van der Waals surface area contributed by atoms with Crippen LogP contribution in [-0.2, 0) is 24.0 Å². The van der Waals surface area contributed by atoms with Gasteiger partial charge in [0.1, 0.15) is 6.61 Å². The van der Waals surface area contributed by atoms with E-state index in [0.717, 1.165) is 0 Å². The van der Waals surface area contributed by atoms with E-state index in [1.54, 1.807) is 6.92 Å². The van der Waals surface area contributed by atoms with Gasteiger partial charge in [0.05, 0.1) is 0 Å². The van der Waals surface area contributed by atoms with Gasteiger partial charge in [-0.2, -0.15) is 9.68 Å². The van der Waals surface area contributed by atoms with Crippen LogP contribution in [0.5, 0.6) is 0 Å². The molecule has 16 heavy (non-hydrogen) atoms. The molecule has 0 aliphatic heterocycles. The summed E-state index contributed by atoms with van der Waals surface area (Å²) in [6.45, 7) is 1.58. The van der Waals surface area contributed by atoms with Crippen LogP contribution >= 0.6 is 0 Å². The highest BCUT2D eigenvalue weighted by molar-refractivity contribution is 5.62. The van der Waals surface area contributed by atoms with Gasteiger partial charge in [-0.15, -0.1) is 0 Å². The summed E-state index contributed by atoms with van der Waals surface area (Å²) in [5, 5.41) is 8.00. The molecule has 0 saturated carbocycles. The van der Waals surface area contributed by atoms with Gasteiger partial charge in [-0.25, -0.2) is 9.68 Å². The van der Waals surface area contributed by atoms with Crippen molar-refractivity contribution < 1.29 is 38.7 Å². The third-order valence-electron chi connectivity index (χ3n) is 1.82. The molecule has 0 unspecified atom stereocenters. The number of carboxylic acid groups (broad SMARTS) is 1. The third kappa shape index (κ3) is 6.04. The van der Waals surface area contributed by atoms with Crippen molar-refractivity contribution in [2.24, 2.45) is 0 Å². The van der Waals surface area contributed by atoms with Crippen LogP contribution in [0.4, 0.5) is 9.59 Å². The Kier molecular flexibility index (Phi) is 6.19. The molecule has 8 heteroatoms. The van der Waals surface area contributed by atoms with Crippen molar-refractivity contribution in [3.05, 3.63) is 0 Å². The van der Waals surface area contributed by atoms with E-state index < -0.39 is 18.1 Å². The highest BCUT2D eigenvalue weighted by atomic mass is 17.3. The highest BCUT2D eigenvalue weighted by Crippen LogP contribution is 2.14. The lowest BCUT2D eigenvalue weighted by Gasteiger charge is -2.25. The van der Waals surface area contributed by atoms with Crippen LogP contribution in [0.2, 0.25) is 0 Å². The van der Waals surface area contributed by atoms with Crippen LogP contribution in [0.1, 0.15) is 13.3 Å². The molecule has 0 aliphatic rings. The van der Waals surface area contributed by atoms with E-state index >= 15 is 0 Å². The fourth-order valence-corrected chi connectivity index (χ4v) is 0.701. The Hall–Kier alpha value is -1.54. The van der Waals surface area contributed by atoms with Crippen molar-refractivity contribution >= 4 is 12.3 Å². The van der Waals surface area contributed by atoms with Gasteiger partial charge in [0.2, 0.25) is 0 Å². The average Bonchev–Trinajstić information content (AvgIpc) is 2.26. The summed E-state index contributed by atoms with van der Waals surface area (Å²) >= 11 is 0. The van der Waals surface area contributed by atoms with Crippen molar-refractivity contribution in [2.75, 3.05) is 20.8 Å². The lowest BCUT2D eigenvalue weighted by Crippen LogP contribution is -2.31. The molecule has 0 aromatic heterocycles. The highest BCUT2D eigenvalue weighted by Gasteiger charge is 2.23. The van der Waals surface area contributed by atoms with Gasteiger partial charge in [0.25, 0.3) is 0 Å². The van der Waals surface area contributed by atoms with Crippen LogP contribution in [-0.4, -0.2) is 44.0 Å². The number of carbonyl (C=O) groups excluding carboxylic acids is 1. The molecule has 0 saturated heterocycles. The van der Waals surface area contributed by atoms with Crippen LogP contribution in [0.25, 0.3) is 0 Å². The maximum absolute atomic E-state index is 10.7. The van der Waals surface area contributed by atoms with E-state index in [1.165, 1.54) is 14.2 Å². The van der Waals surface area contributed by atoms with Crippen LogP contribution < -0.4 is 0 Å². The Balaban J connectivity index is 3.72. The molecule has 0 spiro atoms. The molecule has 0 rings (SSSR count). The van der Waals surface area contributed by atoms with Crippen molar-refractivity contribution in [3.8, 4) is 0 Å². The van der Waals surface area contributed by atoms with Crippen LogP contribution in [0.15, 0.2) is 0 Å². The van der Waals surface area contributed by atoms with Gasteiger partial charge < -0.3 is 19.3 Å². The molecule has 0 aromatic carbocycles. The zero-order valence-corrected chi connectivity index (χ0v) is 9.22. The van der Waals surface area contributed by atoms with E-state index in [1.807, 2.05) is 0 Å². The fraction of sp³-hybridized carbons (Fsp3) is 0.750. The number of methoxy groups -OCH3 is 2. The van der Waals surface area contributed by atoms with E-state index in [2.05, 4.69) is 14.5 Å². The first-order chi connectivity index (χ1) is 7.43. The Labute approximate surface area is 91.9 Å². The Morgan fingerprint density at radius 3 is 2.19 bits per heavy atom. The topological polar surface area (TPSA) is 101 Å². The quantitative estimate of drug-likeness (QED) is 0.329. The molecule has 0 heterocycles. The smallest absolute Gasteiger partial charge is 0.447 e. The SMILES string of the molecule is COC(C)(CCOC(=O)OOC(=O)O)OC. The summed E-state index contributed by atoms with van der Waals surface area (Å²) < 4.78 is 14.5. The van der Waals surface area contributed by atoms with Gasteiger partial charge in [-0.1, -0.05) is 0 Å². The second-order valence-corrected chi connectivity index (χ2v) is 2.82. The lowest BCUT2D eigenvalue weighted by molar-refractivity contribution is -0.222. The Morgan fingerprint density at radius 2 is 1.75 bits per heavy atom. The van der Waals surface area contributed by atoms with Crippen molar-refractivity contribution in [2.45, 2.75) is 19.1 Å². The largest absolute Gasteiger partial charge is 0.550 e. The normalized spacial score (nSPS) is 10.7. The zero-order chi connectivity index (χ0) is 12.6. The molecule has 8 nitrogen and oxygen atoms in total. The predicted molar refractivity (Wildman–Crippen MR) is 48.6 cm³/mol. The van der Waals surface area contributed by atoms with Gasteiger partial charge in [-0.3, -0.25) is 0 Å². The lowest BCUT2D eigenvalue weighted by atomic mass is 10.2. The molecule has 0 atom stereocenters. The molecular formula is C8H14O8. The number of rotatable bonds is 5. The van der Waals surface area contributed by atoms with Gasteiger partial charge >= 0.3 is 12.3 Å². The van der Waals surface area contributed by atoms with Gasteiger partial charge in [0.15, 0.2) is 5.79 Å². The molecule has 0 fully saturated rings. The van der Waals surface area contributed by atoms with Crippen LogP contribution in [0.3, 0.4) is 0 Å². The summed E-state index contributed by atoms with van der Waals surface area (Å²) in [5.74, 6) is -0.881. The monoisotopic (exact) mass is 238 g/mol. The van der Waals surface area contributed by atoms with E-state index in [4.69, 9.17) is 14.6 Å². The number of ether oxygens (including phenoxy) is 3. The predicted octanol–water partition coefficient (Wildman–Crippen LogP) is 1.15. The van der Waals surface area contributed by atoms with Crippen molar-refractivity contribution in [3.63, 3.8) is 0 Å². The molecule has 0 aliphatic carbocycles. The van der Waals surface area contributed by atoms with Gasteiger partial charge in [-0.05, 0) is 6.92 Å². The van der Waals surface area contributed by atoms with Crippen molar-refractivity contribution in [1.82, 2.24) is 0 Å². The second kappa shape index (κ2) is 6.85. The number of hydrogen-bond acceptors (Lipinski definition) is 7. The standard InChI is InChI=1S/C8H14O8/c1-8(12-2,13-3)4-5-14-7(11)16-15-6(9)10/h4-5H2,1-3H3,(H,9,10). The molecule has 0 radical (unpaired) electrons. The molecule has 1 N–H and O–H groups in total. The summed E-state index contributed by atoms with van der Waals surface area (Å²) in [6, 6.07) is 0. The Bertz CT molecular complexity index is 234. The average molecular weight is 238 g/mol. The molecular weight excluding hydrogens is 224 g/mol. The third-order valence-corrected chi connectivity index (χ3v) is 1.82. The summed E-state index contributed by atoms with van der Waals surface area (Å²) in [5.41, 5.74) is 0. The first-order valence-corrected chi connectivity index (χ1v) is 4.28. The van der Waals surface area contributed by atoms with Crippen molar-refractivity contribution in [1.29, 1.82) is 0 Å². The number of hydrogen-bond donors (Lipinski definition) is 1. The summed E-state index contributed by atoms with van der Waals surface area (Å²) in [4.78, 5) is 27.8. The zero-order valence-electron chi connectivity index (χ0n) is 9.22. The maximum atomic E-state index is 10.7. The summed E-state index contributed by atoms with van der Waals surface area (Å²) in [7, 11) is 2.88. The maximum Gasteiger partial charge on any atom is 0.550 e. The first-order valence-electron chi connectivity index (χ1n) is 4.28. The summed E-state index contributed by atoms with van der Waals surface area (Å²) in [6.07, 6.45) is -2.74. The minimum absolute atomic E-state index is 0.0695. The fourth-order valence-electron chi connectivity index (χ4n) is 0.701. The van der Waals surface area contributed by atoms with Gasteiger partial charge in [0, 0.05) is 20.6 Å². The minimum Gasteiger partial charge on any atom is -0.447 e. The molecule has 94 valence electrons. The van der Waals surface area contributed by atoms with E-state index in [-0.39, 0.29) is 13.0 Å². The Morgan fingerprint density at radius 1 is 1.19 bits per heavy atom.